The number of hydrogen-bond donors (Lipinski definition) is 2. The van der Waals surface area contributed by atoms with Crippen molar-refractivity contribution >= 4 is 5.82 Å². The number of H-pyrrole nitrogens is 1. The maximum absolute atomic E-state index is 5.58. The lowest BCUT2D eigenvalue weighted by Gasteiger charge is -1.97. The first-order chi connectivity index (χ1) is 5.38. The Balaban J connectivity index is 2.53. The Morgan fingerprint density at radius 1 is 1.36 bits per heavy atom. The Morgan fingerprint density at radius 2 is 2.27 bits per heavy atom. The van der Waals surface area contributed by atoms with Gasteiger partial charge in [0, 0.05) is 12.1 Å². The molecule has 0 aliphatic carbocycles. The molecule has 0 aromatic carbocycles. The van der Waals surface area contributed by atoms with Crippen LogP contribution in [0.5, 0.6) is 0 Å². The van der Waals surface area contributed by atoms with Gasteiger partial charge in [-0.3, -0.25) is 5.10 Å². The summed E-state index contributed by atoms with van der Waals surface area (Å²) in [5.41, 5.74) is 5.58. The second kappa shape index (κ2) is 2.12. The quantitative estimate of drug-likeness (QED) is 0.607. The van der Waals surface area contributed by atoms with Gasteiger partial charge in [0.15, 0.2) is 5.82 Å². The number of aromatic nitrogens is 4. The molecule has 0 unspecified atom stereocenters. The van der Waals surface area contributed by atoms with E-state index in [2.05, 4.69) is 15.3 Å². The fraction of sp³-hybridized carbons (Fsp3) is 0. The molecule has 0 saturated heterocycles. The topological polar surface area (TPSA) is 72.5 Å². The normalized spacial score (nSPS) is 10.2. The number of nitrogens with zero attached hydrogens (tertiary/aromatic N) is 3. The summed E-state index contributed by atoms with van der Waals surface area (Å²) in [6.45, 7) is 0. The van der Waals surface area contributed by atoms with Crippen LogP contribution >= 0.6 is 0 Å². The Hall–Kier alpha value is -1.78. The Kier molecular flexibility index (Phi) is 1.15. The molecule has 5 nitrogen and oxygen atoms in total. The molecule has 2 rings (SSSR count). The summed E-state index contributed by atoms with van der Waals surface area (Å²) in [7, 11) is 0. The third kappa shape index (κ3) is 0.861. The third-order valence-electron chi connectivity index (χ3n) is 1.39. The minimum absolute atomic E-state index is 0.592. The lowest BCUT2D eigenvalue weighted by atomic mass is 10.6. The molecule has 56 valence electrons. The molecular weight excluding hydrogens is 142 g/mol. The summed E-state index contributed by atoms with van der Waals surface area (Å²) in [4.78, 5) is 0. The molecule has 2 aromatic rings. The summed E-state index contributed by atoms with van der Waals surface area (Å²) in [6, 6.07) is 3.52. The number of nitrogens with two attached hydrogens (primary N) is 1. The monoisotopic (exact) mass is 149 g/mol. The fourth-order valence-electron chi connectivity index (χ4n) is 0.881. The Labute approximate surface area is 62.8 Å². The van der Waals surface area contributed by atoms with Crippen LogP contribution in [0.25, 0.3) is 5.82 Å². The minimum Gasteiger partial charge on any atom is -0.384 e. The second-order valence-electron chi connectivity index (χ2n) is 2.11. The van der Waals surface area contributed by atoms with E-state index in [-0.39, 0.29) is 0 Å². The molecule has 2 aromatic heterocycles. The fourth-order valence-corrected chi connectivity index (χ4v) is 0.881. The van der Waals surface area contributed by atoms with Crippen LogP contribution in [0.2, 0.25) is 0 Å². The van der Waals surface area contributed by atoms with Crippen LogP contribution in [-0.4, -0.2) is 20.0 Å². The maximum atomic E-state index is 5.58. The Bertz CT molecular complexity index is 333. The molecule has 0 bridgehead atoms. The predicted octanol–water partition coefficient (Wildman–Crippen LogP) is 0.178. The largest absolute Gasteiger partial charge is 0.384 e. The number of hydrogen-bond acceptors (Lipinski definition) is 3. The first-order valence-electron chi connectivity index (χ1n) is 3.17. The van der Waals surface area contributed by atoms with Gasteiger partial charge >= 0.3 is 0 Å². The average Bonchev–Trinajstić information content (AvgIpc) is 2.55. The van der Waals surface area contributed by atoms with Crippen molar-refractivity contribution < 1.29 is 0 Å². The van der Waals surface area contributed by atoms with Crippen molar-refractivity contribution in [3.8, 4) is 5.82 Å². The zero-order valence-corrected chi connectivity index (χ0v) is 5.73. The average molecular weight is 149 g/mol. The first kappa shape index (κ1) is 5.96. The predicted molar refractivity (Wildman–Crippen MR) is 40.1 cm³/mol. The van der Waals surface area contributed by atoms with E-state index < -0.39 is 0 Å². The van der Waals surface area contributed by atoms with E-state index in [1.54, 1.807) is 29.2 Å². The standard InChI is InChI=1S/C6H7N5/c7-5-1-4-9-11(5)6-2-3-8-10-6/h1-4H,7H2,(H,8,10). The van der Waals surface area contributed by atoms with E-state index in [0.29, 0.717) is 5.82 Å². The van der Waals surface area contributed by atoms with Gasteiger partial charge in [-0.2, -0.15) is 10.2 Å². The first-order valence-corrected chi connectivity index (χ1v) is 3.17. The van der Waals surface area contributed by atoms with E-state index in [1.165, 1.54) is 0 Å². The van der Waals surface area contributed by atoms with E-state index in [9.17, 15) is 0 Å². The zero-order valence-electron chi connectivity index (χ0n) is 5.73. The molecule has 2 heterocycles. The highest BCUT2D eigenvalue weighted by atomic mass is 15.4. The molecule has 0 atom stereocenters. The molecule has 0 amide bonds. The van der Waals surface area contributed by atoms with E-state index in [4.69, 9.17) is 5.73 Å². The van der Waals surface area contributed by atoms with Gasteiger partial charge in [0.2, 0.25) is 0 Å². The lowest BCUT2D eigenvalue weighted by molar-refractivity contribution is 0.845. The van der Waals surface area contributed by atoms with Gasteiger partial charge in [-0.25, -0.2) is 4.68 Å². The van der Waals surface area contributed by atoms with Gasteiger partial charge in [0.05, 0.1) is 12.4 Å². The summed E-state index contributed by atoms with van der Waals surface area (Å²) >= 11 is 0. The van der Waals surface area contributed by atoms with Crippen LogP contribution in [-0.2, 0) is 0 Å². The van der Waals surface area contributed by atoms with Crippen molar-refractivity contribution in [1.82, 2.24) is 20.0 Å². The smallest absolute Gasteiger partial charge is 0.151 e. The van der Waals surface area contributed by atoms with Crippen molar-refractivity contribution in [2.45, 2.75) is 0 Å². The van der Waals surface area contributed by atoms with Gasteiger partial charge < -0.3 is 5.73 Å². The van der Waals surface area contributed by atoms with Gasteiger partial charge in [0.1, 0.15) is 5.82 Å². The molecule has 11 heavy (non-hydrogen) atoms. The van der Waals surface area contributed by atoms with Crippen LogP contribution in [0.1, 0.15) is 0 Å². The van der Waals surface area contributed by atoms with E-state index in [1.807, 2.05) is 0 Å². The van der Waals surface area contributed by atoms with Crippen LogP contribution < -0.4 is 5.73 Å². The van der Waals surface area contributed by atoms with Gasteiger partial charge in [0.25, 0.3) is 0 Å². The minimum atomic E-state index is 0.592. The number of aromatic amines is 1. The number of rotatable bonds is 1. The molecule has 0 radical (unpaired) electrons. The van der Waals surface area contributed by atoms with Crippen LogP contribution in [0.4, 0.5) is 5.82 Å². The summed E-state index contributed by atoms with van der Waals surface area (Å²) in [6.07, 6.45) is 3.28. The third-order valence-corrected chi connectivity index (χ3v) is 1.39. The number of anilines is 1. The molecule has 5 heteroatoms. The van der Waals surface area contributed by atoms with Crippen LogP contribution in [0.15, 0.2) is 24.5 Å². The molecule has 0 spiro atoms. The molecule has 0 aliphatic rings. The van der Waals surface area contributed by atoms with Gasteiger partial charge in [-0.15, -0.1) is 0 Å². The summed E-state index contributed by atoms with van der Waals surface area (Å²) in [5, 5.41) is 10.5. The molecule has 0 aliphatic heterocycles. The number of nitrogens with one attached hydrogen (secondary N) is 1. The summed E-state index contributed by atoms with van der Waals surface area (Å²) < 4.78 is 1.58. The summed E-state index contributed by atoms with van der Waals surface area (Å²) in [5.74, 6) is 1.36. The van der Waals surface area contributed by atoms with Gasteiger partial charge in [-0.1, -0.05) is 0 Å². The van der Waals surface area contributed by atoms with Crippen molar-refractivity contribution in [2.24, 2.45) is 0 Å². The SMILES string of the molecule is Nc1ccnn1-c1ccn[nH]1. The van der Waals surface area contributed by atoms with Crippen molar-refractivity contribution in [2.75, 3.05) is 5.73 Å². The highest BCUT2D eigenvalue weighted by molar-refractivity contribution is 5.35. The van der Waals surface area contributed by atoms with Crippen LogP contribution in [0.3, 0.4) is 0 Å². The molecular formula is C6H7N5. The highest BCUT2D eigenvalue weighted by Crippen LogP contribution is 2.06. The van der Waals surface area contributed by atoms with Crippen molar-refractivity contribution in [3.63, 3.8) is 0 Å². The van der Waals surface area contributed by atoms with Crippen molar-refractivity contribution in [1.29, 1.82) is 0 Å². The highest BCUT2D eigenvalue weighted by Gasteiger charge is 1.99. The zero-order chi connectivity index (χ0) is 7.68. The van der Waals surface area contributed by atoms with Gasteiger partial charge in [-0.05, 0) is 0 Å². The lowest BCUT2D eigenvalue weighted by Crippen LogP contribution is -2.01. The molecule has 3 N–H and O–H groups in total. The molecule has 0 saturated carbocycles. The Morgan fingerprint density at radius 3 is 2.82 bits per heavy atom. The second-order valence-corrected chi connectivity index (χ2v) is 2.11. The van der Waals surface area contributed by atoms with Crippen molar-refractivity contribution in [3.05, 3.63) is 24.5 Å². The number of nitrogen functional groups attached to an aromatic ring is 1. The van der Waals surface area contributed by atoms with E-state index in [0.717, 1.165) is 5.82 Å². The molecule has 0 fully saturated rings. The van der Waals surface area contributed by atoms with E-state index >= 15 is 0 Å². The maximum Gasteiger partial charge on any atom is 0.151 e. The van der Waals surface area contributed by atoms with Crippen LogP contribution in [0, 0.1) is 0 Å².